The Balaban J connectivity index is 1.84. The Bertz CT molecular complexity index is 557. The van der Waals surface area contributed by atoms with Gasteiger partial charge in [0, 0.05) is 5.69 Å². The summed E-state index contributed by atoms with van der Waals surface area (Å²) in [6, 6.07) is 9.84. The molecule has 98 valence electrons. The molecule has 0 saturated heterocycles. The lowest BCUT2D eigenvalue weighted by Crippen LogP contribution is -2.20. The number of aromatic nitrogens is 2. The monoisotopic (exact) mass is 278 g/mol. The molecule has 2 aromatic rings. The largest absolute Gasteiger partial charge is 0.484 e. The molecule has 1 amide bonds. The molecule has 0 unspecified atom stereocenters. The van der Waals surface area contributed by atoms with Gasteiger partial charge in [0.05, 0.1) is 0 Å². The quantitative estimate of drug-likeness (QED) is 0.831. The average molecular weight is 279 g/mol. The number of halogens is 1. The van der Waals surface area contributed by atoms with Crippen molar-refractivity contribution in [3.8, 4) is 5.75 Å². The van der Waals surface area contributed by atoms with Crippen LogP contribution in [0.3, 0.4) is 0 Å². The summed E-state index contributed by atoms with van der Waals surface area (Å²) in [5, 5.41) is 10.1. The van der Waals surface area contributed by atoms with E-state index in [0.717, 1.165) is 0 Å². The molecule has 1 aromatic heterocycles. The van der Waals surface area contributed by atoms with Crippen molar-refractivity contribution < 1.29 is 9.53 Å². The van der Waals surface area contributed by atoms with Crippen LogP contribution in [0.15, 0.2) is 36.4 Å². The third-order valence-corrected chi connectivity index (χ3v) is 2.35. The van der Waals surface area contributed by atoms with Crippen molar-refractivity contribution in [3.63, 3.8) is 0 Å². The molecule has 2 rings (SSSR count). The Morgan fingerprint density at radius 2 is 1.95 bits per heavy atom. The number of nitrogens with zero attached hydrogens (tertiary/aromatic N) is 2. The van der Waals surface area contributed by atoms with Crippen molar-refractivity contribution in [2.75, 3.05) is 17.7 Å². The maximum Gasteiger partial charge on any atom is 0.263 e. The SMILES string of the molecule is Nc1ccc(OCC(=O)Nc2ccc(Cl)nn2)cc1. The maximum absolute atomic E-state index is 11.6. The fraction of sp³-hybridized carbons (Fsp3) is 0.0833. The van der Waals surface area contributed by atoms with E-state index < -0.39 is 0 Å². The normalized spacial score (nSPS) is 9.95. The van der Waals surface area contributed by atoms with Crippen LogP contribution < -0.4 is 15.8 Å². The molecule has 0 bridgehead atoms. The van der Waals surface area contributed by atoms with Crippen molar-refractivity contribution in [2.24, 2.45) is 0 Å². The number of anilines is 2. The molecule has 0 aliphatic heterocycles. The molecule has 19 heavy (non-hydrogen) atoms. The first-order valence-electron chi connectivity index (χ1n) is 5.41. The topological polar surface area (TPSA) is 90.1 Å². The van der Waals surface area contributed by atoms with Crippen LogP contribution in [0.1, 0.15) is 0 Å². The van der Waals surface area contributed by atoms with Gasteiger partial charge in [-0.2, -0.15) is 0 Å². The van der Waals surface area contributed by atoms with Gasteiger partial charge in [-0.15, -0.1) is 10.2 Å². The zero-order chi connectivity index (χ0) is 13.7. The first-order chi connectivity index (χ1) is 9.13. The summed E-state index contributed by atoms with van der Waals surface area (Å²) < 4.78 is 5.28. The summed E-state index contributed by atoms with van der Waals surface area (Å²) >= 11 is 5.58. The zero-order valence-electron chi connectivity index (χ0n) is 9.84. The zero-order valence-corrected chi connectivity index (χ0v) is 10.6. The summed E-state index contributed by atoms with van der Waals surface area (Å²) in [7, 11) is 0. The van der Waals surface area contributed by atoms with E-state index in [0.29, 0.717) is 17.3 Å². The van der Waals surface area contributed by atoms with E-state index in [2.05, 4.69) is 15.5 Å². The summed E-state index contributed by atoms with van der Waals surface area (Å²) in [5.74, 6) is 0.537. The van der Waals surface area contributed by atoms with Gasteiger partial charge in [0.1, 0.15) is 5.75 Å². The smallest absolute Gasteiger partial charge is 0.263 e. The molecule has 1 aromatic carbocycles. The molecular weight excluding hydrogens is 268 g/mol. The number of nitrogens with one attached hydrogen (secondary N) is 1. The minimum Gasteiger partial charge on any atom is -0.484 e. The van der Waals surface area contributed by atoms with E-state index in [1.165, 1.54) is 6.07 Å². The number of hydrogen-bond donors (Lipinski definition) is 2. The highest BCUT2D eigenvalue weighted by atomic mass is 35.5. The van der Waals surface area contributed by atoms with Crippen LogP contribution in [-0.2, 0) is 4.79 Å². The number of nitrogen functional groups attached to an aromatic ring is 1. The lowest BCUT2D eigenvalue weighted by Gasteiger charge is -2.06. The average Bonchev–Trinajstić information content (AvgIpc) is 2.41. The maximum atomic E-state index is 11.6. The van der Waals surface area contributed by atoms with E-state index in [1.54, 1.807) is 30.3 Å². The van der Waals surface area contributed by atoms with E-state index in [-0.39, 0.29) is 17.7 Å². The van der Waals surface area contributed by atoms with Crippen molar-refractivity contribution >= 4 is 29.0 Å². The van der Waals surface area contributed by atoms with Crippen molar-refractivity contribution in [3.05, 3.63) is 41.6 Å². The van der Waals surface area contributed by atoms with Gasteiger partial charge in [-0.1, -0.05) is 11.6 Å². The first kappa shape index (κ1) is 13.1. The summed E-state index contributed by atoms with van der Waals surface area (Å²) in [6.07, 6.45) is 0. The van der Waals surface area contributed by atoms with Crippen LogP contribution in [0, 0.1) is 0 Å². The number of carbonyl (C=O) groups excluding carboxylic acids is 1. The van der Waals surface area contributed by atoms with Crippen LogP contribution >= 0.6 is 11.6 Å². The van der Waals surface area contributed by atoms with Crippen molar-refractivity contribution in [1.82, 2.24) is 10.2 Å². The summed E-state index contributed by atoms with van der Waals surface area (Å²) in [4.78, 5) is 11.6. The number of rotatable bonds is 4. The number of carbonyl (C=O) groups is 1. The molecule has 1 heterocycles. The highest BCUT2D eigenvalue weighted by Gasteiger charge is 2.05. The molecule has 6 nitrogen and oxygen atoms in total. The van der Waals surface area contributed by atoms with Crippen LogP contribution in [0.2, 0.25) is 5.15 Å². The summed E-state index contributed by atoms with van der Waals surface area (Å²) in [5.41, 5.74) is 6.17. The lowest BCUT2D eigenvalue weighted by atomic mass is 10.3. The van der Waals surface area contributed by atoms with Crippen molar-refractivity contribution in [2.45, 2.75) is 0 Å². The molecule has 0 aliphatic carbocycles. The molecule has 0 radical (unpaired) electrons. The predicted molar refractivity (Wildman–Crippen MR) is 72.0 cm³/mol. The second kappa shape index (κ2) is 6.01. The fourth-order valence-corrected chi connectivity index (χ4v) is 1.38. The number of benzene rings is 1. The Morgan fingerprint density at radius 1 is 1.21 bits per heavy atom. The number of ether oxygens (including phenoxy) is 1. The molecule has 0 aliphatic rings. The Morgan fingerprint density at radius 3 is 2.58 bits per heavy atom. The third kappa shape index (κ3) is 4.11. The van der Waals surface area contributed by atoms with Crippen LogP contribution in [0.25, 0.3) is 0 Å². The Kier molecular flexibility index (Phi) is 4.15. The molecule has 3 N–H and O–H groups in total. The lowest BCUT2D eigenvalue weighted by molar-refractivity contribution is -0.118. The van der Waals surface area contributed by atoms with E-state index in [4.69, 9.17) is 22.1 Å². The van der Waals surface area contributed by atoms with Gasteiger partial charge in [0.15, 0.2) is 17.6 Å². The molecular formula is C12H11ClN4O2. The van der Waals surface area contributed by atoms with E-state index >= 15 is 0 Å². The number of nitrogens with two attached hydrogens (primary N) is 1. The minimum absolute atomic E-state index is 0.131. The van der Waals surface area contributed by atoms with Gasteiger partial charge in [0.25, 0.3) is 5.91 Å². The highest BCUT2D eigenvalue weighted by Crippen LogP contribution is 2.13. The Hall–Kier alpha value is -2.34. The second-order valence-electron chi connectivity index (χ2n) is 3.65. The van der Waals surface area contributed by atoms with Gasteiger partial charge in [0.2, 0.25) is 0 Å². The predicted octanol–water partition coefficient (Wildman–Crippen LogP) is 1.73. The molecule has 0 fully saturated rings. The van der Waals surface area contributed by atoms with Gasteiger partial charge in [-0.3, -0.25) is 4.79 Å². The van der Waals surface area contributed by atoms with Gasteiger partial charge < -0.3 is 15.8 Å². The van der Waals surface area contributed by atoms with Crippen LogP contribution in [-0.4, -0.2) is 22.7 Å². The van der Waals surface area contributed by atoms with E-state index in [1.807, 2.05) is 0 Å². The highest BCUT2D eigenvalue weighted by molar-refractivity contribution is 6.29. The molecule has 0 atom stereocenters. The van der Waals surface area contributed by atoms with Gasteiger partial charge in [-0.25, -0.2) is 0 Å². The third-order valence-electron chi connectivity index (χ3n) is 2.15. The standard InChI is InChI=1S/C12H11ClN4O2/c13-10-5-6-11(17-16-10)15-12(18)7-19-9-3-1-8(14)2-4-9/h1-6H,7,14H2,(H,15,17,18). The molecule has 0 saturated carbocycles. The molecule has 7 heteroatoms. The van der Waals surface area contributed by atoms with Crippen LogP contribution in [0.4, 0.5) is 11.5 Å². The van der Waals surface area contributed by atoms with Gasteiger partial charge in [-0.05, 0) is 36.4 Å². The van der Waals surface area contributed by atoms with Crippen molar-refractivity contribution in [1.29, 1.82) is 0 Å². The van der Waals surface area contributed by atoms with Gasteiger partial charge >= 0.3 is 0 Å². The van der Waals surface area contributed by atoms with Crippen LogP contribution in [0.5, 0.6) is 5.75 Å². The number of amides is 1. The van der Waals surface area contributed by atoms with E-state index in [9.17, 15) is 4.79 Å². The number of hydrogen-bond acceptors (Lipinski definition) is 5. The first-order valence-corrected chi connectivity index (χ1v) is 5.79. The minimum atomic E-state index is -0.339. The Labute approximate surface area is 114 Å². The fourth-order valence-electron chi connectivity index (χ4n) is 1.27. The second-order valence-corrected chi connectivity index (χ2v) is 4.03. The molecule has 0 spiro atoms. The summed E-state index contributed by atoms with van der Waals surface area (Å²) in [6.45, 7) is -0.131.